The third kappa shape index (κ3) is 4.43. The zero-order chi connectivity index (χ0) is 22.0. The van der Waals surface area contributed by atoms with E-state index in [0.717, 1.165) is 10.7 Å². The van der Waals surface area contributed by atoms with Crippen LogP contribution in [0.25, 0.3) is 11.0 Å². The van der Waals surface area contributed by atoms with Crippen molar-refractivity contribution in [1.82, 2.24) is 24.1 Å². The number of ether oxygens (including phenoxy) is 1. The van der Waals surface area contributed by atoms with Gasteiger partial charge in [0.25, 0.3) is 0 Å². The molecule has 4 rings (SSSR count). The number of sulfonamides is 1. The van der Waals surface area contributed by atoms with Crippen LogP contribution in [0.4, 0.5) is 4.79 Å². The first-order chi connectivity index (χ1) is 14.9. The third-order valence-electron chi connectivity index (χ3n) is 5.30. The van der Waals surface area contributed by atoms with Crippen LogP contribution in [-0.2, 0) is 26.1 Å². The minimum Gasteiger partial charge on any atom is -0.379 e. The standard InChI is InChI=1S/C19H25N5O5S2/c1-2-23-16-5-4-14(31(27,28)22-7-9-29-10-8-22)12-15(16)21-19(23)30-11-3-6-24-17(25)13-20-18(24)26/h4-5,12H,2-3,6-11,13H2,1H3,(H,20,26). The largest absolute Gasteiger partial charge is 0.379 e. The van der Waals surface area contributed by atoms with Crippen molar-refractivity contribution >= 4 is 44.8 Å². The van der Waals surface area contributed by atoms with Gasteiger partial charge in [-0.1, -0.05) is 11.8 Å². The molecular weight excluding hydrogens is 442 g/mol. The lowest BCUT2D eigenvalue weighted by Gasteiger charge is -2.26. The van der Waals surface area contributed by atoms with Crippen molar-refractivity contribution in [2.24, 2.45) is 0 Å². The first-order valence-corrected chi connectivity index (χ1v) is 12.6. The summed E-state index contributed by atoms with van der Waals surface area (Å²) in [4.78, 5) is 29.4. The second kappa shape index (κ2) is 9.15. The summed E-state index contributed by atoms with van der Waals surface area (Å²) in [5, 5.41) is 3.30. The van der Waals surface area contributed by atoms with Gasteiger partial charge in [-0.2, -0.15) is 4.31 Å². The fraction of sp³-hybridized carbons (Fsp3) is 0.526. The Hall–Kier alpha value is -2.15. The molecule has 0 unspecified atom stereocenters. The monoisotopic (exact) mass is 467 g/mol. The van der Waals surface area contributed by atoms with E-state index in [4.69, 9.17) is 4.74 Å². The number of nitrogens with zero attached hydrogens (tertiary/aromatic N) is 4. The Bertz CT molecular complexity index is 1080. The van der Waals surface area contributed by atoms with Gasteiger partial charge in [0, 0.05) is 31.9 Å². The number of benzene rings is 1. The number of amides is 3. The number of nitrogens with one attached hydrogen (secondary N) is 1. The second-order valence-electron chi connectivity index (χ2n) is 7.21. The Balaban J connectivity index is 1.48. The molecule has 31 heavy (non-hydrogen) atoms. The number of rotatable bonds is 8. The highest BCUT2D eigenvalue weighted by Gasteiger charge is 2.28. The highest BCUT2D eigenvalue weighted by molar-refractivity contribution is 7.99. The van der Waals surface area contributed by atoms with Crippen molar-refractivity contribution in [2.45, 2.75) is 29.9 Å². The van der Waals surface area contributed by atoms with E-state index in [0.29, 0.717) is 57.1 Å². The molecule has 0 saturated carbocycles. The number of carbonyl (C=O) groups is 2. The van der Waals surface area contributed by atoms with Crippen molar-refractivity contribution < 1.29 is 22.7 Å². The van der Waals surface area contributed by atoms with Crippen LogP contribution in [0.2, 0.25) is 0 Å². The van der Waals surface area contributed by atoms with Crippen LogP contribution in [0.15, 0.2) is 28.3 Å². The second-order valence-corrected chi connectivity index (χ2v) is 10.2. The smallest absolute Gasteiger partial charge is 0.324 e. The number of hydrogen-bond donors (Lipinski definition) is 1. The van der Waals surface area contributed by atoms with Crippen molar-refractivity contribution in [3.05, 3.63) is 18.2 Å². The van der Waals surface area contributed by atoms with E-state index in [9.17, 15) is 18.0 Å². The lowest BCUT2D eigenvalue weighted by Crippen LogP contribution is -2.40. The number of aromatic nitrogens is 2. The molecule has 0 aliphatic carbocycles. The molecule has 10 nitrogen and oxygen atoms in total. The first kappa shape index (κ1) is 22.1. The number of aryl methyl sites for hydroxylation is 1. The molecule has 3 heterocycles. The van der Waals surface area contributed by atoms with Gasteiger partial charge < -0.3 is 14.6 Å². The lowest BCUT2D eigenvalue weighted by molar-refractivity contribution is -0.124. The Morgan fingerprint density at radius 3 is 2.68 bits per heavy atom. The molecule has 0 bridgehead atoms. The summed E-state index contributed by atoms with van der Waals surface area (Å²) < 4.78 is 34.6. The Morgan fingerprint density at radius 1 is 1.23 bits per heavy atom. The van der Waals surface area contributed by atoms with Crippen LogP contribution in [0, 0.1) is 0 Å². The van der Waals surface area contributed by atoms with Crippen LogP contribution >= 0.6 is 11.8 Å². The molecule has 1 aromatic heterocycles. The predicted octanol–water partition coefficient (Wildman–Crippen LogP) is 1.11. The van der Waals surface area contributed by atoms with E-state index >= 15 is 0 Å². The van der Waals surface area contributed by atoms with Crippen molar-refractivity contribution in [3.63, 3.8) is 0 Å². The summed E-state index contributed by atoms with van der Waals surface area (Å²) in [6.07, 6.45) is 0.646. The van der Waals surface area contributed by atoms with Gasteiger partial charge in [0.15, 0.2) is 5.16 Å². The van der Waals surface area contributed by atoms with E-state index in [-0.39, 0.29) is 23.4 Å². The summed E-state index contributed by atoms with van der Waals surface area (Å²) in [6.45, 7) is 4.64. The normalized spacial score (nSPS) is 18.2. The predicted molar refractivity (Wildman–Crippen MR) is 115 cm³/mol. The van der Waals surface area contributed by atoms with Gasteiger partial charge in [0.1, 0.15) is 0 Å². The average Bonchev–Trinajstić information content (AvgIpc) is 3.30. The Labute approximate surface area is 185 Å². The molecule has 0 radical (unpaired) electrons. The molecule has 1 aromatic carbocycles. The number of urea groups is 1. The Morgan fingerprint density at radius 2 is 2.00 bits per heavy atom. The van der Waals surface area contributed by atoms with Crippen LogP contribution < -0.4 is 5.32 Å². The van der Waals surface area contributed by atoms with Crippen molar-refractivity contribution in [3.8, 4) is 0 Å². The SMILES string of the molecule is CCn1c(SCCCN2C(=O)CNC2=O)nc2cc(S(=O)(=O)N3CCOCC3)ccc21. The lowest BCUT2D eigenvalue weighted by atomic mass is 10.3. The molecule has 2 fully saturated rings. The highest BCUT2D eigenvalue weighted by atomic mass is 32.2. The number of thioether (sulfide) groups is 1. The maximum atomic E-state index is 12.9. The number of imidazole rings is 1. The quantitative estimate of drug-likeness (QED) is 0.351. The average molecular weight is 468 g/mol. The van der Waals surface area contributed by atoms with E-state index in [1.54, 1.807) is 18.2 Å². The van der Waals surface area contributed by atoms with Crippen LogP contribution in [0.5, 0.6) is 0 Å². The number of hydrogen-bond acceptors (Lipinski definition) is 7. The molecule has 1 N–H and O–H groups in total. The van der Waals surface area contributed by atoms with Gasteiger partial charge in [-0.05, 0) is 31.5 Å². The molecule has 168 valence electrons. The fourth-order valence-electron chi connectivity index (χ4n) is 3.67. The summed E-state index contributed by atoms with van der Waals surface area (Å²) in [5.74, 6) is 0.476. The van der Waals surface area contributed by atoms with Gasteiger partial charge >= 0.3 is 6.03 Å². The topological polar surface area (TPSA) is 114 Å². The molecule has 0 spiro atoms. The number of fused-ring (bicyclic) bond motifs is 1. The van der Waals surface area contributed by atoms with Gasteiger partial charge in [-0.15, -0.1) is 0 Å². The molecular formula is C19H25N5O5S2. The van der Waals surface area contributed by atoms with E-state index < -0.39 is 10.0 Å². The van der Waals surface area contributed by atoms with E-state index in [1.807, 2.05) is 11.5 Å². The molecule has 3 amide bonds. The van der Waals surface area contributed by atoms with Gasteiger partial charge in [-0.3, -0.25) is 9.69 Å². The number of imide groups is 1. The van der Waals surface area contributed by atoms with E-state index in [1.165, 1.54) is 21.0 Å². The molecule has 2 aliphatic rings. The summed E-state index contributed by atoms with van der Waals surface area (Å²) in [6, 6.07) is 4.72. The molecule has 2 saturated heterocycles. The van der Waals surface area contributed by atoms with Crippen LogP contribution in [0.1, 0.15) is 13.3 Å². The first-order valence-electron chi connectivity index (χ1n) is 10.2. The number of morpholine rings is 1. The summed E-state index contributed by atoms with van der Waals surface area (Å²) in [7, 11) is -3.58. The highest BCUT2D eigenvalue weighted by Crippen LogP contribution is 2.28. The summed E-state index contributed by atoms with van der Waals surface area (Å²) >= 11 is 1.53. The van der Waals surface area contributed by atoms with Gasteiger partial charge in [-0.25, -0.2) is 18.2 Å². The molecule has 2 aromatic rings. The van der Waals surface area contributed by atoms with Gasteiger partial charge in [0.05, 0.1) is 35.7 Å². The number of carbonyl (C=O) groups excluding carboxylic acids is 2. The van der Waals surface area contributed by atoms with Crippen LogP contribution in [0.3, 0.4) is 0 Å². The van der Waals surface area contributed by atoms with Gasteiger partial charge in [0.2, 0.25) is 15.9 Å². The maximum absolute atomic E-state index is 12.9. The van der Waals surface area contributed by atoms with Crippen LogP contribution in [-0.4, -0.2) is 84.3 Å². The van der Waals surface area contributed by atoms with Crippen molar-refractivity contribution in [1.29, 1.82) is 0 Å². The zero-order valence-corrected chi connectivity index (χ0v) is 18.9. The van der Waals surface area contributed by atoms with E-state index in [2.05, 4.69) is 10.3 Å². The zero-order valence-electron chi connectivity index (χ0n) is 17.2. The molecule has 0 atom stereocenters. The maximum Gasteiger partial charge on any atom is 0.324 e. The molecule has 2 aliphatic heterocycles. The van der Waals surface area contributed by atoms with Crippen molar-refractivity contribution in [2.75, 3.05) is 45.1 Å². The minimum atomic E-state index is -3.58. The minimum absolute atomic E-state index is 0.0628. The Kier molecular flexibility index (Phi) is 6.51. The summed E-state index contributed by atoms with van der Waals surface area (Å²) in [5.41, 5.74) is 1.51. The molecule has 12 heteroatoms. The third-order valence-corrected chi connectivity index (χ3v) is 8.26. The fourth-order valence-corrected chi connectivity index (χ4v) is 6.10.